The normalized spacial score (nSPS) is 13.3. The van der Waals surface area contributed by atoms with E-state index in [1.165, 1.54) is 41.5 Å². The van der Waals surface area contributed by atoms with Crippen LogP contribution >= 0.6 is 0 Å². The lowest BCUT2D eigenvalue weighted by molar-refractivity contribution is -0.127. The van der Waals surface area contributed by atoms with Crippen LogP contribution in [0.2, 0.25) is 0 Å². The number of nitrogens with one attached hydrogen (secondary N) is 5. The zero-order valence-corrected chi connectivity index (χ0v) is 31.4. The van der Waals surface area contributed by atoms with Crippen LogP contribution in [-0.2, 0) is 47.9 Å². The molecule has 0 aliphatic carbocycles. The van der Waals surface area contributed by atoms with Crippen molar-refractivity contribution in [3.05, 3.63) is 0 Å². The minimum absolute atomic E-state index is 0.00260. The van der Waals surface area contributed by atoms with Gasteiger partial charge < -0.3 is 45.8 Å². The van der Waals surface area contributed by atoms with Crippen LogP contribution in [0, 0.1) is 0 Å². The molecule has 0 aliphatic heterocycles. The highest BCUT2D eigenvalue weighted by Crippen LogP contribution is 2.11. The molecule has 15 heteroatoms. The van der Waals surface area contributed by atoms with Crippen LogP contribution in [-0.4, -0.2) is 95.6 Å². The highest BCUT2D eigenvalue weighted by atomic mass is 16.2. The lowest BCUT2D eigenvalue weighted by Crippen LogP contribution is -2.46. The minimum Gasteiger partial charge on any atom is -0.353 e. The molecule has 0 aliphatic rings. The highest BCUT2D eigenvalue weighted by molar-refractivity contribution is 5.85. The van der Waals surface area contributed by atoms with E-state index in [2.05, 4.69) is 26.6 Å². The van der Waals surface area contributed by atoms with Gasteiger partial charge in [0.1, 0.15) is 34.7 Å². The average Bonchev–Trinajstić information content (AvgIpc) is 2.98. The molecule has 0 saturated heterocycles. The molecule has 4 unspecified atom stereocenters. The number of carbonyl (C=O) groups excluding carboxylic acids is 10. The fourth-order valence-corrected chi connectivity index (χ4v) is 5.44. The molecule has 51 heavy (non-hydrogen) atoms. The Morgan fingerprint density at radius 3 is 0.804 bits per heavy atom. The second-order valence-electron chi connectivity index (χ2n) is 13.6. The van der Waals surface area contributed by atoms with Crippen molar-refractivity contribution in [1.82, 2.24) is 26.6 Å². The van der Waals surface area contributed by atoms with Crippen molar-refractivity contribution in [2.75, 3.05) is 7.05 Å². The fourth-order valence-electron chi connectivity index (χ4n) is 5.44. The Morgan fingerprint density at radius 2 is 0.569 bits per heavy atom. The van der Waals surface area contributed by atoms with Crippen LogP contribution < -0.4 is 26.6 Å². The Hall–Kier alpha value is -4.14. The van der Waals surface area contributed by atoms with Gasteiger partial charge in [0.25, 0.3) is 0 Å². The van der Waals surface area contributed by atoms with Gasteiger partial charge in [-0.05, 0) is 74.3 Å². The van der Waals surface area contributed by atoms with E-state index in [9.17, 15) is 47.9 Å². The third kappa shape index (κ3) is 26.4. The van der Waals surface area contributed by atoms with Crippen molar-refractivity contribution in [1.29, 1.82) is 0 Å². The van der Waals surface area contributed by atoms with E-state index in [0.29, 0.717) is 12.8 Å². The van der Waals surface area contributed by atoms with Crippen LogP contribution in [0.15, 0.2) is 0 Å². The van der Waals surface area contributed by atoms with Gasteiger partial charge in [0.05, 0.1) is 0 Å². The first-order valence-electron chi connectivity index (χ1n) is 17.6. The summed E-state index contributed by atoms with van der Waals surface area (Å²) >= 11 is 0. The first-order valence-corrected chi connectivity index (χ1v) is 17.6. The van der Waals surface area contributed by atoms with Gasteiger partial charge >= 0.3 is 0 Å². The van der Waals surface area contributed by atoms with Gasteiger partial charge in [0, 0.05) is 94.4 Å². The molecule has 0 saturated carbocycles. The number of amides is 4. The average molecular weight is 722 g/mol. The molecule has 0 heterocycles. The molecular weight excluding hydrogens is 662 g/mol. The molecule has 0 aromatic carbocycles. The number of carbonyl (C=O) groups is 10. The standard InChI is InChI=1S/C36H59N5O10/c1-22(42)8-12-28(37-7)18-33(48)38-29(13-9-23(2)43)19-34(49)39-30(14-10-24(3)44)20-35(50)40-31(15-11-25(4)45)21-36(51)41-32(16-26(5)46)17-27(6)47/h28-32,37H,8-21H2,1-7H3,(H,38,48)(H,39,49)(H,40,50)(H,41,51). The first kappa shape index (κ1) is 46.9. The van der Waals surface area contributed by atoms with Crippen molar-refractivity contribution in [3.63, 3.8) is 0 Å². The van der Waals surface area contributed by atoms with E-state index < -0.39 is 41.9 Å². The molecule has 4 atom stereocenters. The molecule has 5 N–H and O–H groups in total. The van der Waals surface area contributed by atoms with E-state index in [1.807, 2.05) is 0 Å². The molecule has 15 nitrogen and oxygen atoms in total. The molecule has 288 valence electrons. The fraction of sp³-hybridized carbons (Fsp3) is 0.722. The Labute approximate surface area is 301 Å². The van der Waals surface area contributed by atoms with Crippen LogP contribution in [0.5, 0.6) is 0 Å². The Bertz CT molecular complexity index is 1230. The molecule has 0 radical (unpaired) electrons. The summed E-state index contributed by atoms with van der Waals surface area (Å²) in [6, 6.07) is -3.23. The third-order valence-corrected chi connectivity index (χ3v) is 8.04. The van der Waals surface area contributed by atoms with Crippen LogP contribution in [0.25, 0.3) is 0 Å². The quantitative estimate of drug-likeness (QED) is 0.0743. The third-order valence-electron chi connectivity index (χ3n) is 8.04. The van der Waals surface area contributed by atoms with Crippen molar-refractivity contribution >= 4 is 58.3 Å². The van der Waals surface area contributed by atoms with Crippen LogP contribution in [0.4, 0.5) is 0 Å². The smallest absolute Gasteiger partial charge is 0.222 e. The van der Waals surface area contributed by atoms with Crippen molar-refractivity contribution in [3.8, 4) is 0 Å². The van der Waals surface area contributed by atoms with E-state index in [0.717, 1.165) is 0 Å². The maximum absolute atomic E-state index is 13.2. The minimum atomic E-state index is -0.788. The monoisotopic (exact) mass is 721 g/mol. The maximum Gasteiger partial charge on any atom is 0.222 e. The molecule has 4 amide bonds. The second kappa shape index (κ2) is 25.8. The maximum atomic E-state index is 13.2. The number of rotatable bonds is 29. The second-order valence-corrected chi connectivity index (χ2v) is 13.6. The Kier molecular flexibility index (Phi) is 23.7. The van der Waals surface area contributed by atoms with Gasteiger partial charge in [-0.25, -0.2) is 0 Å². The van der Waals surface area contributed by atoms with Gasteiger partial charge in [0.2, 0.25) is 23.6 Å². The molecule has 0 fully saturated rings. The molecule has 0 aromatic heterocycles. The summed E-state index contributed by atoms with van der Waals surface area (Å²) in [6.07, 6.45) is 0.805. The highest BCUT2D eigenvalue weighted by Gasteiger charge is 2.25. The zero-order valence-electron chi connectivity index (χ0n) is 31.4. The van der Waals surface area contributed by atoms with E-state index in [1.54, 1.807) is 7.05 Å². The summed E-state index contributed by atoms with van der Waals surface area (Å²) < 4.78 is 0. The number of hydrogen-bond donors (Lipinski definition) is 5. The summed E-state index contributed by atoms with van der Waals surface area (Å²) in [5.41, 5.74) is 0. The van der Waals surface area contributed by atoms with E-state index in [4.69, 9.17) is 0 Å². The van der Waals surface area contributed by atoms with Crippen molar-refractivity contribution in [2.45, 2.75) is 162 Å². The molecule has 0 spiro atoms. The SMILES string of the molecule is CNC(CCC(C)=O)CC(=O)NC(CCC(C)=O)CC(=O)NC(CCC(C)=O)CC(=O)NC(CCC(C)=O)CC(=O)NC(CC(C)=O)CC(C)=O. The topological polar surface area (TPSA) is 231 Å². The Balaban J connectivity index is 5.70. The van der Waals surface area contributed by atoms with Gasteiger partial charge in [0.15, 0.2) is 0 Å². The lowest BCUT2D eigenvalue weighted by atomic mass is 10.0. The number of ketones is 6. The largest absolute Gasteiger partial charge is 0.353 e. The molecule has 0 aromatic rings. The van der Waals surface area contributed by atoms with E-state index >= 15 is 0 Å². The van der Waals surface area contributed by atoms with Crippen LogP contribution in [0.3, 0.4) is 0 Å². The summed E-state index contributed by atoms with van der Waals surface area (Å²) in [5, 5.41) is 14.0. The summed E-state index contributed by atoms with van der Waals surface area (Å²) in [7, 11) is 1.68. The van der Waals surface area contributed by atoms with Crippen LogP contribution in [0.1, 0.15) is 131 Å². The van der Waals surface area contributed by atoms with Crippen molar-refractivity contribution in [2.24, 2.45) is 0 Å². The summed E-state index contributed by atoms with van der Waals surface area (Å²) in [6.45, 7) is 8.32. The Morgan fingerprint density at radius 1 is 0.333 bits per heavy atom. The lowest BCUT2D eigenvalue weighted by Gasteiger charge is -2.24. The molecule has 0 rings (SSSR count). The van der Waals surface area contributed by atoms with Gasteiger partial charge in [-0.3, -0.25) is 28.8 Å². The molecular formula is C36H59N5O10. The molecule has 0 bridgehead atoms. The van der Waals surface area contributed by atoms with Gasteiger partial charge in [-0.2, -0.15) is 0 Å². The summed E-state index contributed by atoms with van der Waals surface area (Å²) in [5.74, 6) is -2.80. The van der Waals surface area contributed by atoms with Gasteiger partial charge in [-0.15, -0.1) is 0 Å². The number of hydrogen-bond acceptors (Lipinski definition) is 11. The summed E-state index contributed by atoms with van der Waals surface area (Å²) in [4.78, 5) is 122. The number of Topliss-reactive ketones (excluding diaryl/α,β-unsaturated/α-hetero) is 6. The van der Waals surface area contributed by atoms with E-state index in [-0.39, 0.29) is 124 Å². The predicted octanol–water partition coefficient (Wildman–Crippen LogP) is 1.51. The van der Waals surface area contributed by atoms with Gasteiger partial charge in [-0.1, -0.05) is 0 Å². The first-order chi connectivity index (χ1) is 23.8. The van der Waals surface area contributed by atoms with Crippen molar-refractivity contribution < 1.29 is 47.9 Å². The zero-order chi connectivity index (χ0) is 39.1. The predicted molar refractivity (Wildman–Crippen MR) is 189 cm³/mol.